The van der Waals surface area contributed by atoms with Gasteiger partial charge in [0.1, 0.15) is 12.1 Å². The predicted molar refractivity (Wildman–Crippen MR) is 154 cm³/mol. The number of aromatic amines is 1. The SMILES string of the molecule is CN1CCC(c2ccc(C(=O)Nc3n[nH]c4ccc(OCc5cccnc5)nc34)c(NC3CCOCC3)c2)CC1. The molecule has 0 aliphatic carbocycles. The monoisotopic (exact) mass is 541 g/mol. The number of hydrogen-bond acceptors (Lipinski definition) is 8. The lowest BCUT2D eigenvalue weighted by molar-refractivity contribution is 0.0904. The molecular formula is C30H35N7O3. The van der Waals surface area contributed by atoms with Gasteiger partial charge in [0.25, 0.3) is 5.91 Å². The average Bonchev–Trinajstić information content (AvgIpc) is 3.39. The number of rotatable bonds is 8. The molecule has 5 heterocycles. The highest BCUT2D eigenvalue weighted by Gasteiger charge is 2.23. The minimum Gasteiger partial charge on any atom is -0.473 e. The number of pyridine rings is 2. The largest absolute Gasteiger partial charge is 0.473 e. The lowest BCUT2D eigenvalue weighted by Crippen LogP contribution is -2.30. The van der Waals surface area contributed by atoms with Crippen molar-refractivity contribution in [2.24, 2.45) is 0 Å². The lowest BCUT2D eigenvalue weighted by Gasteiger charge is -2.30. The van der Waals surface area contributed by atoms with Gasteiger partial charge < -0.3 is 25.0 Å². The molecule has 10 nitrogen and oxygen atoms in total. The zero-order valence-electron chi connectivity index (χ0n) is 22.7. The number of ether oxygens (including phenoxy) is 2. The van der Waals surface area contributed by atoms with Crippen molar-refractivity contribution < 1.29 is 14.3 Å². The fourth-order valence-electron chi connectivity index (χ4n) is 5.40. The summed E-state index contributed by atoms with van der Waals surface area (Å²) in [6.07, 6.45) is 7.54. The van der Waals surface area contributed by atoms with Crippen molar-refractivity contribution in [1.29, 1.82) is 0 Å². The van der Waals surface area contributed by atoms with E-state index in [9.17, 15) is 4.79 Å². The number of anilines is 2. The van der Waals surface area contributed by atoms with E-state index in [4.69, 9.17) is 9.47 Å². The number of hydrogen-bond donors (Lipinski definition) is 3. The van der Waals surface area contributed by atoms with Gasteiger partial charge >= 0.3 is 0 Å². The third-order valence-corrected chi connectivity index (χ3v) is 7.78. The first-order valence-corrected chi connectivity index (χ1v) is 14.0. The Kier molecular flexibility index (Phi) is 7.87. The Balaban J connectivity index is 1.22. The van der Waals surface area contributed by atoms with Crippen LogP contribution in [0.4, 0.5) is 11.5 Å². The molecule has 208 valence electrons. The zero-order chi connectivity index (χ0) is 27.3. The quantitative estimate of drug-likeness (QED) is 0.297. The number of nitrogens with zero attached hydrogens (tertiary/aromatic N) is 4. The summed E-state index contributed by atoms with van der Waals surface area (Å²) >= 11 is 0. The molecule has 3 aromatic heterocycles. The summed E-state index contributed by atoms with van der Waals surface area (Å²) in [5, 5.41) is 13.9. The van der Waals surface area contributed by atoms with Crippen molar-refractivity contribution in [2.75, 3.05) is 44.0 Å². The maximum Gasteiger partial charge on any atom is 0.259 e. The Labute approximate surface area is 233 Å². The minimum absolute atomic E-state index is 0.235. The molecule has 0 unspecified atom stereocenters. The van der Waals surface area contributed by atoms with E-state index in [1.165, 1.54) is 5.56 Å². The van der Waals surface area contributed by atoms with Crippen molar-refractivity contribution in [3.8, 4) is 5.88 Å². The van der Waals surface area contributed by atoms with Gasteiger partial charge in [-0.2, -0.15) is 5.10 Å². The molecule has 6 rings (SSSR count). The zero-order valence-corrected chi connectivity index (χ0v) is 22.7. The molecule has 4 aromatic rings. The molecule has 0 saturated carbocycles. The van der Waals surface area contributed by atoms with Gasteiger partial charge in [-0.25, -0.2) is 4.98 Å². The molecule has 10 heteroatoms. The molecule has 0 atom stereocenters. The van der Waals surface area contributed by atoms with E-state index in [0.29, 0.717) is 40.8 Å². The van der Waals surface area contributed by atoms with Gasteiger partial charge in [-0.3, -0.25) is 14.9 Å². The van der Waals surface area contributed by atoms with Gasteiger partial charge in [-0.15, -0.1) is 0 Å². The molecule has 2 aliphatic heterocycles. The summed E-state index contributed by atoms with van der Waals surface area (Å²) in [5.74, 6) is 1.07. The number of carbonyl (C=O) groups excluding carboxylic acids is 1. The van der Waals surface area contributed by atoms with Gasteiger partial charge in [0.2, 0.25) is 5.88 Å². The molecule has 2 fully saturated rings. The summed E-state index contributed by atoms with van der Waals surface area (Å²) in [6.45, 7) is 3.97. The van der Waals surface area contributed by atoms with Crippen molar-refractivity contribution in [3.05, 3.63) is 71.5 Å². The van der Waals surface area contributed by atoms with Crippen LogP contribution in [0.1, 0.15) is 53.1 Å². The van der Waals surface area contributed by atoms with Crippen LogP contribution in [0, 0.1) is 0 Å². The number of aromatic nitrogens is 4. The Hall–Kier alpha value is -4.02. The first-order chi connectivity index (χ1) is 19.6. The van der Waals surface area contributed by atoms with E-state index in [1.54, 1.807) is 18.5 Å². The van der Waals surface area contributed by atoms with E-state index in [-0.39, 0.29) is 11.9 Å². The number of benzene rings is 1. The number of H-pyrrole nitrogens is 1. The second-order valence-corrected chi connectivity index (χ2v) is 10.6. The Morgan fingerprint density at radius 3 is 2.77 bits per heavy atom. The predicted octanol–water partition coefficient (Wildman–Crippen LogP) is 4.58. The van der Waals surface area contributed by atoms with Crippen LogP contribution < -0.4 is 15.4 Å². The van der Waals surface area contributed by atoms with E-state index >= 15 is 0 Å². The van der Waals surface area contributed by atoms with Crippen molar-refractivity contribution in [1.82, 2.24) is 25.1 Å². The minimum atomic E-state index is -0.235. The number of fused-ring (bicyclic) bond motifs is 1. The highest BCUT2D eigenvalue weighted by atomic mass is 16.5. The van der Waals surface area contributed by atoms with Crippen molar-refractivity contribution in [2.45, 2.75) is 44.2 Å². The molecule has 0 radical (unpaired) electrons. The van der Waals surface area contributed by atoms with Crippen LogP contribution in [0.2, 0.25) is 0 Å². The second-order valence-electron chi connectivity index (χ2n) is 10.6. The van der Waals surface area contributed by atoms with E-state index < -0.39 is 0 Å². The number of nitrogens with one attached hydrogen (secondary N) is 3. The maximum atomic E-state index is 13.6. The van der Waals surface area contributed by atoms with Gasteiger partial charge in [-0.1, -0.05) is 12.1 Å². The number of amides is 1. The first kappa shape index (κ1) is 26.2. The molecule has 1 aromatic carbocycles. The molecule has 40 heavy (non-hydrogen) atoms. The van der Waals surface area contributed by atoms with Crippen LogP contribution >= 0.6 is 0 Å². The highest BCUT2D eigenvalue weighted by Crippen LogP contribution is 2.32. The van der Waals surface area contributed by atoms with Crippen LogP contribution in [0.5, 0.6) is 5.88 Å². The molecule has 2 saturated heterocycles. The fraction of sp³-hybridized carbons (Fsp3) is 0.400. The Morgan fingerprint density at radius 2 is 1.98 bits per heavy atom. The summed E-state index contributed by atoms with van der Waals surface area (Å²) in [4.78, 5) is 24.7. The highest BCUT2D eigenvalue weighted by molar-refractivity contribution is 6.10. The molecule has 0 spiro atoms. The van der Waals surface area contributed by atoms with E-state index in [0.717, 1.165) is 63.2 Å². The lowest BCUT2D eigenvalue weighted by atomic mass is 9.88. The maximum absolute atomic E-state index is 13.6. The summed E-state index contributed by atoms with van der Waals surface area (Å²) in [6, 6.07) is 13.9. The Morgan fingerprint density at radius 1 is 1.12 bits per heavy atom. The Bertz CT molecular complexity index is 1440. The van der Waals surface area contributed by atoms with E-state index in [1.807, 2.05) is 24.3 Å². The third kappa shape index (κ3) is 6.08. The number of piperidine rings is 1. The molecular weight excluding hydrogens is 506 g/mol. The third-order valence-electron chi connectivity index (χ3n) is 7.78. The summed E-state index contributed by atoms with van der Waals surface area (Å²) in [7, 11) is 2.17. The number of carbonyl (C=O) groups is 1. The number of likely N-dealkylation sites (tertiary alicyclic amines) is 1. The topological polar surface area (TPSA) is 117 Å². The first-order valence-electron chi connectivity index (χ1n) is 14.0. The van der Waals surface area contributed by atoms with Gasteiger partial charge in [0.05, 0.1) is 11.1 Å². The van der Waals surface area contributed by atoms with Gasteiger partial charge in [-0.05, 0) is 81.6 Å². The van der Waals surface area contributed by atoms with Crippen LogP contribution in [-0.4, -0.2) is 70.4 Å². The standard InChI is InChI=1S/C30H35N7O3/c1-37-13-8-21(9-14-37)22-4-5-24(26(17-22)32-23-10-15-39-16-11-23)30(38)34-29-28-25(35-36-29)6-7-27(33-28)40-19-20-3-2-12-31-18-20/h2-7,12,17-18,21,23,32H,8-11,13-16,19H2,1H3,(H2,34,35,36,38). The normalized spacial score (nSPS) is 17.1. The molecule has 3 N–H and O–H groups in total. The van der Waals surface area contributed by atoms with Crippen LogP contribution in [-0.2, 0) is 11.3 Å². The smallest absolute Gasteiger partial charge is 0.259 e. The van der Waals surface area contributed by atoms with Crippen molar-refractivity contribution in [3.63, 3.8) is 0 Å². The van der Waals surface area contributed by atoms with E-state index in [2.05, 4.69) is 54.9 Å². The van der Waals surface area contributed by atoms with Gasteiger partial charge in [0.15, 0.2) is 5.82 Å². The van der Waals surface area contributed by atoms with Crippen LogP contribution in [0.15, 0.2) is 54.9 Å². The summed E-state index contributed by atoms with van der Waals surface area (Å²) < 4.78 is 11.4. The van der Waals surface area contributed by atoms with Crippen LogP contribution in [0.3, 0.4) is 0 Å². The van der Waals surface area contributed by atoms with Crippen molar-refractivity contribution >= 4 is 28.4 Å². The fourth-order valence-corrected chi connectivity index (χ4v) is 5.40. The summed E-state index contributed by atoms with van der Waals surface area (Å²) in [5.41, 5.74) is 4.92. The molecule has 2 aliphatic rings. The van der Waals surface area contributed by atoms with Crippen LogP contribution in [0.25, 0.3) is 11.0 Å². The second kappa shape index (κ2) is 12.0. The van der Waals surface area contributed by atoms with Gasteiger partial charge in [0, 0.05) is 49.0 Å². The molecule has 1 amide bonds. The molecule has 0 bridgehead atoms. The average molecular weight is 542 g/mol.